The van der Waals surface area contributed by atoms with Gasteiger partial charge < -0.3 is 10.2 Å². The average Bonchev–Trinajstić information content (AvgIpc) is 2.42. The molecule has 1 aliphatic heterocycles. The van der Waals surface area contributed by atoms with E-state index in [-0.39, 0.29) is 11.6 Å². The van der Waals surface area contributed by atoms with E-state index in [4.69, 9.17) is 23.2 Å². The molecule has 1 heterocycles. The lowest BCUT2D eigenvalue weighted by molar-refractivity contribution is 0.0774. The maximum Gasteiger partial charge on any atom is 0.321 e. The van der Waals surface area contributed by atoms with Gasteiger partial charge in [0.25, 0.3) is 0 Å². The van der Waals surface area contributed by atoms with Crippen LogP contribution in [0.1, 0.15) is 20.8 Å². The predicted molar refractivity (Wildman–Crippen MR) is 88.4 cm³/mol. The normalized spacial score (nSPS) is 16.9. The molecule has 1 aliphatic rings. The second kappa shape index (κ2) is 6.42. The summed E-state index contributed by atoms with van der Waals surface area (Å²) in [5.41, 5.74) is 0.686. The van der Waals surface area contributed by atoms with Gasteiger partial charge >= 0.3 is 6.03 Å². The summed E-state index contributed by atoms with van der Waals surface area (Å²) in [6.07, 6.45) is 0. The van der Waals surface area contributed by atoms with E-state index >= 15 is 0 Å². The maximum absolute atomic E-state index is 12.3. The highest BCUT2D eigenvalue weighted by Gasteiger charge is 2.27. The van der Waals surface area contributed by atoms with Crippen LogP contribution in [0.25, 0.3) is 0 Å². The van der Waals surface area contributed by atoms with E-state index in [2.05, 4.69) is 31.0 Å². The Morgan fingerprint density at radius 1 is 1.14 bits per heavy atom. The monoisotopic (exact) mass is 329 g/mol. The molecule has 0 atom stereocenters. The molecule has 0 saturated carbocycles. The third kappa shape index (κ3) is 4.25. The molecule has 2 rings (SSSR count). The quantitative estimate of drug-likeness (QED) is 0.846. The van der Waals surface area contributed by atoms with E-state index in [0.29, 0.717) is 28.8 Å². The first-order chi connectivity index (χ1) is 9.77. The van der Waals surface area contributed by atoms with Gasteiger partial charge in [0.1, 0.15) is 0 Å². The van der Waals surface area contributed by atoms with Crippen LogP contribution < -0.4 is 5.32 Å². The molecule has 1 fully saturated rings. The zero-order chi connectivity index (χ0) is 15.6. The summed E-state index contributed by atoms with van der Waals surface area (Å²) in [6, 6.07) is 4.90. The maximum atomic E-state index is 12.3. The van der Waals surface area contributed by atoms with Crippen molar-refractivity contribution in [2.45, 2.75) is 26.3 Å². The number of hydrogen-bond acceptors (Lipinski definition) is 2. The van der Waals surface area contributed by atoms with Crippen molar-refractivity contribution < 1.29 is 4.79 Å². The highest BCUT2D eigenvalue weighted by molar-refractivity contribution is 6.35. The summed E-state index contributed by atoms with van der Waals surface area (Å²) in [6.45, 7) is 9.74. The number of piperazine rings is 1. The van der Waals surface area contributed by atoms with Crippen LogP contribution in [0.4, 0.5) is 10.5 Å². The van der Waals surface area contributed by atoms with Crippen molar-refractivity contribution in [2.75, 3.05) is 31.5 Å². The van der Waals surface area contributed by atoms with Crippen molar-refractivity contribution >= 4 is 34.9 Å². The number of hydrogen-bond donors (Lipinski definition) is 1. The van der Waals surface area contributed by atoms with Gasteiger partial charge in [-0.2, -0.15) is 0 Å². The minimum absolute atomic E-state index is 0.132. The van der Waals surface area contributed by atoms with Crippen molar-refractivity contribution in [3.63, 3.8) is 0 Å². The number of carbonyl (C=O) groups is 1. The number of amides is 2. The van der Waals surface area contributed by atoms with Gasteiger partial charge in [0.2, 0.25) is 0 Å². The average molecular weight is 330 g/mol. The van der Waals surface area contributed by atoms with Gasteiger partial charge in [-0.25, -0.2) is 4.79 Å². The fourth-order valence-corrected chi connectivity index (χ4v) is 2.70. The number of benzene rings is 1. The summed E-state index contributed by atoms with van der Waals surface area (Å²) in [5, 5.41) is 3.86. The summed E-state index contributed by atoms with van der Waals surface area (Å²) >= 11 is 12.0. The van der Waals surface area contributed by atoms with Crippen LogP contribution in [0.2, 0.25) is 10.0 Å². The van der Waals surface area contributed by atoms with Crippen LogP contribution in [0.15, 0.2) is 18.2 Å². The molecule has 0 bridgehead atoms. The van der Waals surface area contributed by atoms with Crippen molar-refractivity contribution in [3.8, 4) is 0 Å². The molecule has 0 aliphatic carbocycles. The Hall–Kier alpha value is -0.970. The molecule has 116 valence electrons. The Morgan fingerprint density at radius 3 is 2.33 bits per heavy atom. The number of halogens is 2. The molecular weight excluding hydrogens is 309 g/mol. The molecule has 1 N–H and O–H groups in total. The molecule has 21 heavy (non-hydrogen) atoms. The second-order valence-corrected chi connectivity index (χ2v) is 7.04. The molecule has 0 aromatic heterocycles. The van der Waals surface area contributed by atoms with Gasteiger partial charge in [0.15, 0.2) is 0 Å². The van der Waals surface area contributed by atoms with Crippen LogP contribution >= 0.6 is 23.2 Å². The molecule has 2 amide bonds. The topological polar surface area (TPSA) is 35.6 Å². The van der Waals surface area contributed by atoms with E-state index in [1.165, 1.54) is 0 Å². The van der Waals surface area contributed by atoms with E-state index < -0.39 is 0 Å². The van der Waals surface area contributed by atoms with Crippen LogP contribution in [-0.2, 0) is 0 Å². The zero-order valence-electron chi connectivity index (χ0n) is 12.6. The second-order valence-electron chi connectivity index (χ2n) is 6.20. The van der Waals surface area contributed by atoms with Crippen molar-refractivity contribution in [2.24, 2.45) is 0 Å². The highest BCUT2D eigenvalue weighted by atomic mass is 35.5. The molecule has 0 radical (unpaired) electrons. The van der Waals surface area contributed by atoms with E-state index in [1.807, 2.05) is 0 Å². The fraction of sp³-hybridized carbons (Fsp3) is 0.533. The van der Waals surface area contributed by atoms with Gasteiger partial charge in [0.05, 0.1) is 10.7 Å². The molecule has 1 saturated heterocycles. The van der Waals surface area contributed by atoms with Crippen molar-refractivity contribution in [1.82, 2.24) is 9.80 Å². The van der Waals surface area contributed by atoms with Gasteiger partial charge in [-0.3, -0.25) is 4.90 Å². The number of nitrogens with one attached hydrogen (secondary N) is 1. The highest BCUT2D eigenvalue weighted by Crippen LogP contribution is 2.26. The van der Waals surface area contributed by atoms with Gasteiger partial charge in [-0.15, -0.1) is 0 Å². The Bertz CT molecular complexity index is 520. The molecule has 0 spiro atoms. The third-order valence-corrected chi connectivity index (χ3v) is 4.25. The Labute approximate surface area is 136 Å². The Morgan fingerprint density at radius 2 is 1.76 bits per heavy atom. The minimum Gasteiger partial charge on any atom is -0.322 e. The Kier molecular flexibility index (Phi) is 5.02. The van der Waals surface area contributed by atoms with E-state index in [1.54, 1.807) is 23.1 Å². The minimum atomic E-state index is -0.132. The molecule has 1 aromatic rings. The van der Waals surface area contributed by atoms with E-state index in [0.717, 1.165) is 13.1 Å². The zero-order valence-corrected chi connectivity index (χ0v) is 14.1. The first-order valence-corrected chi connectivity index (χ1v) is 7.79. The van der Waals surface area contributed by atoms with Gasteiger partial charge in [-0.05, 0) is 39.0 Å². The summed E-state index contributed by atoms with van der Waals surface area (Å²) < 4.78 is 0. The predicted octanol–water partition coefficient (Wildman–Crippen LogP) is 3.94. The van der Waals surface area contributed by atoms with Crippen LogP contribution in [0.3, 0.4) is 0 Å². The largest absolute Gasteiger partial charge is 0.322 e. The lowest BCUT2D eigenvalue weighted by Gasteiger charge is -2.42. The lowest BCUT2D eigenvalue weighted by atomic mass is 10.1. The summed E-state index contributed by atoms with van der Waals surface area (Å²) in [5.74, 6) is 0. The standard InChI is InChI=1S/C15H21Cl2N3O/c1-15(2,3)20-8-6-19(7-9-20)14(21)18-13-10-11(16)4-5-12(13)17/h4-5,10H,6-9H2,1-3H3,(H,18,21). The molecule has 4 nitrogen and oxygen atoms in total. The van der Waals surface area contributed by atoms with Gasteiger partial charge in [0, 0.05) is 36.7 Å². The summed E-state index contributed by atoms with van der Waals surface area (Å²) in [4.78, 5) is 16.5. The van der Waals surface area contributed by atoms with Crippen molar-refractivity contribution in [3.05, 3.63) is 28.2 Å². The number of anilines is 1. The van der Waals surface area contributed by atoms with Crippen LogP contribution in [0, 0.1) is 0 Å². The lowest BCUT2D eigenvalue weighted by Crippen LogP contribution is -2.55. The number of urea groups is 1. The molecule has 6 heteroatoms. The molecule has 1 aromatic carbocycles. The van der Waals surface area contributed by atoms with Gasteiger partial charge in [-0.1, -0.05) is 23.2 Å². The third-order valence-electron chi connectivity index (χ3n) is 3.69. The van der Waals surface area contributed by atoms with Crippen LogP contribution in [-0.4, -0.2) is 47.5 Å². The SMILES string of the molecule is CC(C)(C)N1CCN(C(=O)Nc2cc(Cl)ccc2Cl)CC1. The number of nitrogens with zero attached hydrogens (tertiary/aromatic N) is 2. The fourth-order valence-electron chi connectivity index (χ4n) is 2.37. The van der Waals surface area contributed by atoms with E-state index in [9.17, 15) is 4.79 Å². The summed E-state index contributed by atoms with van der Waals surface area (Å²) in [7, 11) is 0. The molecule has 0 unspecified atom stereocenters. The number of rotatable bonds is 1. The Balaban J connectivity index is 1.95. The number of carbonyl (C=O) groups excluding carboxylic acids is 1. The smallest absolute Gasteiger partial charge is 0.321 e. The van der Waals surface area contributed by atoms with Crippen LogP contribution in [0.5, 0.6) is 0 Å². The molecular formula is C15H21Cl2N3O. The first kappa shape index (κ1) is 16.4. The first-order valence-electron chi connectivity index (χ1n) is 7.03. The van der Waals surface area contributed by atoms with Crippen molar-refractivity contribution in [1.29, 1.82) is 0 Å².